The van der Waals surface area contributed by atoms with E-state index in [1.807, 2.05) is 30.3 Å². The van der Waals surface area contributed by atoms with Crippen molar-refractivity contribution in [3.05, 3.63) is 35.9 Å². The molecule has 0 radical (unpaired) electrons. The standard InChI is InChI=1S/C19H24N2O2/c1-15(2)13-21(11-7-10-16-8-5-4-6-9-16)19(23)17-12-18(22)20(3)14-17/h4-6,8-9,15,17H,11-14H2,1-3H3. The first-order chi connectivity index (χ1) is 11.0. The van der Waals surface area contributed by atoms with E-state index in [1.54, 1.807) is 16.8 Å². The van der Waals surface area contributed by atoms with Gasteiger partial charge in [-0.05, 0) is 18.1 Å². The second kappa shape index (κ2) is 7.82. The molecular formula is C19H24N2O2. The minimum atomic E-state index is -0.232. The molecule has 1 aliphatic rings. The van der Waals surface area contributed by atoms with Gasteiger partial charge in [0.15, 0.2) is 0 Å². The van der Waals surface area contributed by atoms with Crippen LogP contribution in [0.2, 0.25) is 0 Å². The first kappa shape index (κ1) is 17.1. The lowest BCUT2D eigenvalue weighted by molar-refractivity contribution is -0.135. The molecule has 1 aliphatic heterocycles. The van der Waals surface area contributed by atoms with Crippen LogP contribution in [-0.2, 0) is 9.59 Å². The summed E-state index contributed by atoms with van der Waals surface area (Å²) in [5.74, 6) is 6.40. The van der Waals surface area contributed by atoms with Crippen LogP contribution in [0.3, 0.4) is 0 Å². The van der Waals surface area contributed by atoms with Gasteiger partial charge in [0.25, 0.3) is 0 Å². The predicted molar refractivity (Wildman–Crippen MR) is 90.5 cm³/mol. The van der Waals surface area contributed by atoms with Crippen molar-refractivity contribution in [1.82, 2.24) is 9.80 Å². The molecule has 1 fully saturated rings. The number of nitrogens with zero attached hydrogens (tertiary/aromatic N) is 2. The minimum Gasteiger partial charge on any atom is -0.345 e. The zero-order valence-corrected chi connectivity index (χ0v) is 14.1. The van der Waals surface area contributed by atoms with Gasteiger partial charge in [0.2, 0.25) is 11.8 Å². The van der Waals surface area contributed by atoms with Crippen LogP contribution in [0.15, 0.2) is 30.3 Å². The molecule has 1 saturated heterocycles. The predicted octanol–water partition coefficient (Wildman–Crippen LogP) is 2.00. The SMILES string of the molecule is CC(C)CN(CC#Cc1ccccc1)C(=O)C1CC(=O)N(C)C1. The molecule has 0 N–H and O–H groups in total. The summed E-state index contributed by atoms with van der Waals surface area (Å²) < 4.78 is 0. The molecule has 4 heteroatoms. The summed E-state index contributed by atoms with van der Waals surface area (Å²) in [5, 5.41) is 0. The molecule has 0 spiro atoms. The van der Waals surface area contributed by atoms with Gasteiger partial charge in [-0.3, -0.25) is 9.59 Å². The minimum absolute atomic E-state index is 0.0405. The number of likely N-dealkylation sites (tertiary alicyclic amines) is 1. The molecule has 2 amide bonds. The normalized spacial score (nSPS) is 17.1. The molecular weight excluding hydrogens is 288 g/mol. The van der Waals surface area contributed by atoms with E-state index < -0.39 is 0 Å². The molecule has 1 aromatic carbocycles. The topological polar surface area (TPSA) is 40.6 Å². The summed E-state index contributed by atoms with van der Waals surface area (Å²) >= 11 is 0. The van der Waals surface area contributed by atoms with Crippen LogP contribution in [0.4, 0.5) is 0 Å². The van der Waals surface area contributed by atoms with Crippen molar-refractivity contribution in [2.75, 3.05) is 26.7 Å². The van der Waals surface area contributed by atoms with Gasteiger partial charge in [0.05, 0.1) is 12.5 Å². The summed E-state index contributed by atoms with van der Waals surface area (Å²) in [4.78, 5) is 27.8. The Morgan fingerprint density at radius 3 is 2.61 bits per heavy atom. The van der Waals surface area contributed by atoms with Crippen molar-refractivity contribution in [3.8, 4) is 11.8 Å². The molecule has 1 unspecified atom stereocenters. The van der Waals surface area contributed by atoms with Crippen LogP contribution >= 0.6 is 0 Å². The lowest BCUT2D eigenvalue weighted by Crippen LogP contribution is -2.39. The molecule has 23 heavy (non-hydrogen) atoms. The number of amides is 2. The number of carbonyl (C=O) groups is 2. The van der Waals surface area contributed by atoms with Crippen molar-refractivity contribution in [3.63, 3.8) is 0 Å². The zero-order chi connectivity index (χ0) is 16.8. The van der Waals surface area contributed by atoms with Crippen molar-refractivity contribution >= 4 is 11.8 Å². The number of carbonyl (C=O) groups excluding carboxylic acids is 2. The van der Waals surface area contributed by atoms with Crippen LogP contribution in [0.1, 0.15) is 25.8 Å². The van der Waals surface area contributed by atoms with Gasteiger partial charge in [-0.1, -0.05) is 43.9 Å². The molecule has 122 valence electrons. The van der Waals surface area contributed by atoms with Gasteiger partial charge >= 0.3 is 0 Å². The Morgan fingerprint density at radius 2 is 2.04 bits per heavy atom. The Bertz CT molecular complexity index is 613. The quantitative estimate of drug-likeness (QED) is 0.798. The van der Waals surface area contributed by atoms with Gasteiger partial charge in [-0.25, -0.2) is 0 Å². The number of rotatable bonds is 4. The summed E-state index contributed by atoms with van der Waals surface area (Å²) in [5.41, 5.74) is 0.945. The van der Waals surface area contributed by atoms with Gasteiger partial charge in [0, 0.05) is 32.1 Å². The smallest absolute Gasteiger partial charge is 0.228 e. The number of hydrogen-bond donors (Lipinski definition) is 0. The Hall–Kier alpha value is -2.28. The van der Waals surface area contributed by atoms with Crippen molar-refractivity contribution < 1.29 is 9.59 Å². The molecule has 0 aromatic heterocycles. The van der Waals surface area contributed by atoms with E-state index in [2.05, 4.69) is 25.7 Å². The summed E-state index contributed by atoms with van der Waals surface area (Å²) in [6.07, 6.45) is 0.316. The molecule has 1 aromatic rings. The largest absolute Gasteiger partial charge is 0.345 e. The first-order valence-electron chi connectivity index (χ1n) is 8.04. The molecule has 1 heterocycles. The van der Waals surface area contributed by atoms with Crippen molar-refractivity contribution in [2.24, 2.45) is 11.8 Å². The lowest BCUT2D eigenvalue weighted by Gasteiger charge is -2.25. The highest BCUT2D eigenvalue weighted by Gasteiger charge is 2.34. The molecule has 0 bridgehead atoms. The third-order valence-electron chi connectivity index (χ3n) is 3.86. The third kappa shape index (κ3) is 4.85. The summed E-state index contributed by atoms with van der Waals surface area (Å²) in [7, 11) is 1.75. The summed E-state index contributed by atoms with van der Waals surface area (Å²) in [6, 6.07) is 9.74. The molecule has 0 aliphatic carbocycles. The third-order valence-corrected chi connectivity index (χ3v) is 3.86. The Morgan fingerprint density at radius 1 is 1.35 bits per heavy atom. The maximum absolute atomic E-state index is 12.7. The Kier molecular flexibility index (Phi) is 5.81. The lowest BCUT2D eigenvalue weighted by atomic mass is 10.1. The highest BCUT2D eigenvalue weighted by atomic mass is 16.2. The second-order valence-corrected chi connectivity index (χ2v) is 6.46. The molecule has 0 saturated carbocycles. The van der Waals surface area contributed by atoms with E-state index in [4.69, 9.17) is 0 Å². The molecule has 4 nitrogen and oxygen atoms in total. The van der Waals surface area contributed by atoms with Gasteiger partial charge in [0.1, 0.15) is 0 Å². The maximum atomic E-state index is 12.7. The van der Waals surface area contributed by atoms with Gasteiger partial charge in [-0.15, -0.1) is 0 Å². The van der Waals surface area contributed by atoms with Crippen LogP contribution < -0.4 is 0 Å². The maximum Gasteiger partial charge on any atom is 0.228 e. The van der Waals surface area contributed by atoms with E-state index in [-0.39, 0.29) is 17.7 Å². The van der Waals surface area contributed by atoms with Crippen LogP contribution in [0, 0.1) is 23.7 Å². The van der Waals surface area contributed by atoms with E-state index in [9.17, 15) is 9.59 Å². The van der Waals surface area contributed by atoms with E-state index >= 15 is 0 Å². The number of benzene rings is 1. The average molecular weight is 312 g/mol. The van der Waals surface area contributed by atoms with E-state index in [0.29, 0.717) is 32.0 Å². The van der Waals surface area contributed by atoms with Crippen molar-refractivity contribution in [2.45, 2.75) is 20.3 Å². The highest BCUT2D eigenvalue weighted by Crippen LogP contribution is 2.19. The fourth-order valence-corrected chi connectivity index (χ4v) is 2.72. The fourth-order valence-electron chi connectivity index (χ4n) is 2.72. The fraction of sp³-hybridized carbons (Fsp3) is 0.474. The first-order valence-corrected chi connectivity index (χ1v) is 8.04. The Labute approximate surface area is 138 Å². The summed E-state index contributed by atoms with van der Waals surface area (Å²) in [6.45, 7) is 5.74. The monoisotopic (exact) mass is 312 g/mol. The van der Waals surface area contributed by atoms with Gasteiger partial charge < -0.3 is 9.80 Å². The average Bonchev–Trinajstić information content (AvgIpc) is 2.86. The van der Waals surface area contributed by atoms with E-state index in [0.717, 1.165) is 5.56 Å². The second-order valence-electron chi connectivity index (χ2n) is 6.46. The van der Waals surface area contributed by atoms with Crippen LogP contribution in [-0.4, -0.2) is 48.3 Å². The van der Waals surface area contributed by atoms with E-state index in [1.165, 1.54) is 0 Å². The van der Waals surface area contributed by atoms with Gasteiger partial charge in [-0.2, -0.15) is 0 Å². The Balaban J connectivity index is 2.04. The molecule has 2 rings (SSSR count). The van der Waals surface area contributed by atoms with Crippen LogP contribution in [0.5, 0.6) is 0 Å². The number of hydrogen-bond acceptors (Lipinski definition) is 2. The zero-order valence-electron chi connectivity index (χ0n) is 14.1. The van der Waals surface area contributed by atoms with Crippen molar-refractivity contribution in [1.29, 1.82) is 0 Å². The molecule has 1 atom stereocenters. The van der Waals surface area contributed by atoms with Crippen LogP contribution in [0.25, 0.3) is 0 Å². The highest BCUT2D eigenvalue weighted by molar-refractivity contribution is 5.89.